The van der Waals surface area contributed by atoms with Gasteiger partial charge in [-0.3, -0.25) is 14.0 Å². The van der Waals surface area contributed by atoms with Crippen LogP contribution in [0.3, 0.4) is 0 Å². The lowest BCUT2D eigenvalue weighted by Crippen LogP contribution is -2.40. The maximum Gasteiger partial charge on any atom is 0.253 e. The number of imidazole rings is 1. The van der Waals surface area contributed by atoms with Gasteiger partial charge in [-0.2, -0.15) is 0 Å². The fourth-order valence-electron chi connectivity index (χ4n) is 2.53. The highest BCUT2D eigenvalue weighted by atomic mass is 16.3. The van der Waals surface area contributed by atoms with Crippen LogP contribution in [0.15, 0.2) is 18.3 Å². The van der Waals surface area contributed by atoms with Crippen molar-refractivity contribution in [3.63, 3.8) is 0 Å². The molecule has 1 aliphatic rings. The first kappa shape index (κ1) is 14.5. The van der Waals surface area contributed by atoms with E-state index in [4.69, 9.17) is 5.73 Å². The third-order valence-corrected chi connectivity index (χ3v) is 3.93. The molecular formula is C15H18N4O3. The summed E-state index contributed by atoms with van der Waals surface area (Å²) in [6.07, 6.45) is 2.67. The molecule has 22 heavy (non-hydrogen) atoms. The van der Waals surface area contributed by atoms with Crippen LogP contribution in [-0.4, -0.2) is 39.0 Å². The summed E-state index contributed by atoms with van der Waals surface area (Å²) in [5.74, 6) is 0.240. The van der Waals surface area contributed by atoms with Crippen molar-refractivity contribution in [2.45, 2.75) is 31.8 Å². The number of carbonyl (C=O) groups is 2. The van der Waals surface area contributed by atoms with Crippen LogP contribution in [-0.2, 0) is 4.79 Å². The number of carbonyl (C=O) groups excluding carboxylic acids is 2. The molecule has 1 saturated carbocycles. The first-order valence-electron chi connectivity index (χ1n) is 7.21. The van der Waals surface area contributed by atoms with E-state index in [2.05, 4.69) is 10.3 Å². The van der Waals surface area contributed by atoms with Crippen LogP contribution in [0, 0.1) is 6.92 Å². The van der Waals surface area contributed by atoms with Crippen LogP contribution in [0.5, 0.6) is 0 Å². The molecule has 0 spiro atoms. The Morgan fingerprint density at radius 3 is 2.86 bits per heavy atom. The van der Waals surface area contributed by atoms with Gasteiger partial charge in [0.2, 0.25) is 5.91 Å². The maximum absolute atomic E-state index is 12.2. The summed E-state index contributed by atoms with van der Waals surface area (Å²) in [5, 5.41) is 11.9. The Bertz CT molecular complexity index is 749. The minimum atomic E-state index is -1.39. The highest BCUT2D eigenvalue weighted by Gasteiger charge is 2.29. The number of aliphatic hydroxyl groups is 1. The lowest BCUT2D eigenvalue weighted by molar-refractivity contribution is -0.125. The molecule has 7 heteroatoms. The predicted molar refractivity (Wildman–Crippen MR) is 79.4 cm³/mol. The standard InChI is InChI=1S/C15H18N4O3/c1-8-11(15(22)18-7-12(20)13(16)21)5-4-10-6-17-14(19(8)10)9-2-3-9/h4-6,9,12,20H,2-3,7H2,1H3,(H2,16,21)(H,18,22). The van der Waals surface area contributed by atoms with Crippen LogP contribution in [0.2, 0.25) is 0 Å². The number of aromatic nitrogens is 2. The maximum atomic E-state index is 12.2. The van der Waals surface area contributed by atoms with Crippen molar-refractivity contribution in [3.05, 3.63) is 35.4 Å². The SMILES string of the molecule is Cc1c(C(=O)NCC(O)C(N)=O)ccc2cnc(C3CC3)n12. The largest absolute Gasteiger partial charge is 0.381 e. The summed E-state index contributed by atoms with van der Waals surface area (Å²) < 4.78 is 2.00. The second-order valence-corrected chi connectivity index (χ2v) is 5.61. The van der Waals surface area contributed by atoms with Gasteiger partial charge in [-0.05, 0) is 31.9 Å². The highest BCUT2D eigenvalue weighted by molar-refractivity contribution is 5.96. The molecule has 0 radical (unpaired) electrons. The van der Waals surface area contributed by atoms with E-state index in [1.165, 1.54) is 0 Å². The Morgan fingerprint density at radius 1 is 1.50 bits per heavy atom. The topological polar surface area (TPSA) is 110 Å². The molecule has 2 aromatic rings. The molecule has 1 fully saturated rings. The van der Waals surface area contributed by atoms with Gasteiger partial charge < -0.3 is 16.2 Å². The first-order chi connectivity index (χ1) is 10.5. The van der Waals surface area contributed by atoms with Crippen LogP contribution < -0.4 is 11.1 Å². The summed E-state index contributed by atoms with van der Waals surface area (Å²) in [4.78, 5) is 27.5. The molecular weight excluding hydrogens is 284 g/mol. The van der Waals surface area contributed by atoms with E-state index in [9.17, 15) is 14.7 Å². The van der Waals surface area contributed by atoms with Gasteiger partial charge in [-0.1, -0.05) is 0 Å². The highest BCUT2D eigenvalue weighted by Crippen LogP contribution is 2.39. The Balaban J connectivity index is 1.87. The monoisotopic (exact) mass is 302 g/mol. The Labute approximate surface area is 127 Å². The van der Waals surface area contributed by atoms with Gasteiger partial charge in [0, 0.05) is 11.6 Å². The summed E-state index contributed by atoms with van der Waals surface area (Å²) >= 11 is 0. The van der Waals surface area contributed by atoms with Crippen molar-refractivity contribution >= 4 is 17.3 Å². The zero-order chi connectivity index (χ0) is 15.9. The van der Waals surface area contributed by atoms with E-state index < -0.39 is 12.0 Å². The van der Waals surface area contributed by atoms with Crippen molar-refractivity contribution in [3.8, 4) is 0 Å². The number of nitrogens with one attached hydrogen (secondary N) is 1. The molecule has 2 aromatic heterocycles. The first-order valence-corrected chi connectivity index (χ1v) is 7.21. The van der Waals surface area contributed by atoms with Crippen LogP contribution in [0.4, 0.5) is 0 Å². The van der Waals surface area contributed by atoms with Gasteiger partial charge in [-0.25, -0.2) is 4.98 Å². The number of amides is 2. The summed E-state index contributed by atoms with van der Waals surface area (Å²) in [7, 11) is 0. The summed E-state index contributed by atoms with van der Waals surface area (Å²) in [5.41, 5.74) is 7.20. The van der Waals surface area contributed by atoms with Gasteiger partial charge in [-0.15, -0.1) is 0 Å². The minimum absolute atomic E-state index is 0.203. The van der Waals surface area contributed by atoms with Crippen molar-refractivity contribution in [1.29, 1.82) is 0 Å². The van der Waals surface area contributed by atoms with Crippen molar-refractivity contribution in [2.24, 2.45) is 5.73 Å². The molecule has 1 unspecified atom stereocenters. The minimum Gasteiger partial charge on any atom is -0.381 e. The zero-order valence-corrected chi connectivity index (χ0v) is 12.2. The molecule has 4 N–H and O–H groups in total. The van der Waals surface area contributed by atoms with Gasteiger partial charge in [0.05, 0.1) is 23.8 Å². The number of pyridine rings is 1. The smallest absolute Gasteiger partial charge is 0.253 e. The quantitative estimate of drug-likeness (QED) is 0.727. The fraction of sp³-hybridized carbons (Fsp3) is 0.400. The average Bonchev–Trinajstić information content (AvgIpc) is 3.24. The lowest BCUT2D eigenvalue weighted by Gasteiger charge is -2.12. The Morgan fingerprint density at radius 2 is 2.23 bits per heavy atom. The third-order valence-electron chi connectivity index (χ3n) is 3.93. The van der Waals surface area contributed by atoms with E-state index >= 15 is 0 Å². The van der Waals surface area contributed by atoms with Crippen molar-refractivity contribution in [2.75, 3.05) is 6.54 Å². The molecule has 7 nitrogen and oxygen atoms in total. The number of aliphatic hydroxyl groups excluding tert-OH is 1. The molecule has 0 aliphatic heterocycles. The number of nitrogens with zero attached hydrogens (tertiary/aromatic N) is 2. The normalized spacial score (nSPS) is 15.7. The number of primary amides is 1. The summed E-state index contributed by atoms with van der Waals surface area (Å²) in [6.45, 7) is 1.66. The van der Waals surface area contributed by atoms with E-state index in [0.29, 0.717) is 11.5 Å². The van der Waals surface area contributed by atoms with Gasteiger partial charge >= 0.3 is 0 Å². The Hall–Kier alpha value is -2.41. The zero-order valence-electron chi connectivity index (χ0n) is 12.2. The summed E-state index contributed by atoms with van der Waals surface area (Å²) in [6, 6.07) is 3.56. The number of fused-ring (bicyclic) bond motifs is 1. The molecule has 1 atom stereocenters. The number of hydrogen-bond donors (Lipinski definition) is 3. The molecule has 2 amide bonds. The predicted octanol–water partition coefficient (Wildman–Crippen LogP) is 0.0961. The molecule has 1 aliphatic carbocycles. The van der Waals surface area contributed by atoms with E-state index in [1.54, 1.807) is 12.3 Å². The van der Waals surface area contributed by atoms with E-state index in [1.807, 2.05) is 17.4 Å². The average molecular weight is 302 g/mol. The number of hydrogen-bond acceptors (Lipinski definition) is 4. The fourth-order valence-corrected chi connectivity index (χ4v) is 2.53. The van der Waals surface area contributed by atoms with E-state index in [0.717, 1.165) is 29.9 Å². The van der Waals surface area contributed by atoms with Crippen LogP contribution in [0.25, 0.3) is 5.52 Å². The van der Waals surface area contributed by atoms with E-state index in [-0.39, 0.29) is 12.5 Å². The molecule has 116 valence electrons. The molecule has 0 aromatic carbocycles. The lowest BCUT2D eigenvalue weighted by atomic mass is 10.1. The van der Waals surface area contributed by atoms with Crippen LogP contribution >= 0.6 is 0 Å². The molecule has 0 saturated heterocycles. The Kier molecular flexibility index (Phi) is 3.58. The second-order valence-electron chi connectivity index (χ2n) is 5.61. The molecule has 2 heterocycles. The number of nitrogens with two attached hydrogens (primary N) is 1. The number of rotatable bonds is 5. The van der Waals surface area contributed by atoms with Crippen LogP contribution in [0.1, 0.15) is 40.6 Å². The third kappa shape index (κ3) is 2.55. The molecule has 0 bridgehead atoms. The van der Waals surface area contributed by atoms with Gasteiger partial charge in [0.15, 0.2) is 0 Å². The van der Waals surface area contributed by atoms with Crippen molar-refractivity contribution < 1.29 is 14.7 Å². The van der Waals surface area contributed by atoms with Gasteiger partial charge in [0.1, 0.15) is 11.9 Å². The number of aryl methyl sites for hydroxylation is 1. The van der Waals surface area contributed by atoms with Gasteiger partial charge in [0.25, 0.3) is 5.91 Å². The second kappa shape index (κ2) is 5.42. The molecule has 3 rings (SSSR count). The van der Waals surface area contributed by atoms with Crippen molar-refractivity contribution in [1.82, 2.24) is 14.7 Å².